The van der Waals surface area contributed by atoms with Crippen LogP contribution in [0.25, 0.3) is 45.2 Å². The van der Waals surface area contributed by atoms with Gasteiger partial charge in [-0.15, -0.1) is 0 Å². The summed E-state index contributed by atoms with van der Waals surface area (Å²) in [5, 5.41) is 40.6. The highest BCUT2D eigenvalue weighted by Gasteiger charge is 2.28. The number of aryl methyl sites for hydroxylation is 1. The van der Waals surface area contributed by atoms with Gasteiger partial charge in [0.2, 0.25) is 0 Å². The van der Waals surface area contributed by atoms with Gasteiger partial charge in [-0.1, -0.05) is 23.7 Å². The molecular formula is C48H55ClN10O6. The fourth-order valence-electron chi connectivity index (χ4n) is 7.46. The first-order valence-electron chi connectivity index (χ1n) is 21.8. The first kappa shape index (κ1) is 45.2. The van der Waals surface area contributed by atoms with Crippen molar-refractivity contribution < 1.29 is 29.3 Å². The predicted octanol–water partition coefficient (Wildman–Crippen LogP) is 8.19. The number of aromatic nitrogens is 8. The van der Waals surface area contributed by atoms with Crippen LogP contribution in [0.3, 0.4) is 0 Å². The van der Waals surface area contributed by atoms with E-state index in [4.69, 9.17) is 26.2 Å². The molecule has 0 atom stereocenters. The summed E-state index contributed by atoms with van der Waals surface area (Å²) in [5.74, 6) is 2.50. The van der Waals surface area contributed by atoms with Gasteiger partial charge in [-0.3, -0.25) is 14.3 Å². The number of fused-ring (bicyclic) bond motifs is 2. The summed E-state index contributed by atoms with van der Waals surface area (Å²) in [7, 11) is 5.04. The van der Waals surface area contributed by atoms with Gasteiger partial charge in [-0.05, 0) is 102 Å². The number of ketones is 2. The van der Waals surface area contributed by atoms with E-state index in [1.165, 1.54) is 0 Å². The largest absolute Gasteiger partial charge is 0.496 e. The summed E-state index contributed by atoms with van der Waals surface area (Å²) in [4.78, 5) is 34.3. The van der Waals surface area contributed by atoms with Crippen molar-refractivity contribution in [2.45, 2.75) is 77.4 Å². The number of rotatable bonds is 17. The second-order valence-corrected chi connectivity index (χ2v) is 18.6. The van der Waals surface area contributed by atoms with Gasteiger partial charge in [0.1, 0.15) is 17.2 Å². The van der Waals surface area contributed by atoms with E-state index in [0.29, 0.717) is 88.8 Å². The van der Waals surface area contributed by atoms with Gasteiger partial charge in [-0.25, -0.2) is 19.0 Å². The zero-order chi connectivity index (χ0) is 46.2. The molecule has 16 nitrogen and oxygen atoms in total. The number of hydrogen-bond acceptors (Lipinski definition) is 13. The number of halogens is 1. The van der Waals surface area contributed by atoms with E-state index in [1.54, 1.807) is 92.4 Å². The zero-order valence-electron chi connectivity index (χ0n) is 37.7. The van der Waals surface area contributed by atoms with Crippen LogP contribution in [0.4, 0.5) is 11.4 Å². The van der Waals surface area contributed by atoms with Crippen molar-refractivity contribution in [3.05, 3.63) is 89.5 Å². The SMILES string of the molecule is COc1cc(C(=O)CC2CC2)ccc1-c1cnc2c(NCC(C)(C)O)cc(-c3ccnn3C)nn12.COc1cc(C(=O)CC2CC2)ccc1-c1cnc2c(NCC(C)(C)O)cc(Cl)nn12. The third-order valence-corrected chi connectivity index (χ3v) is 11.5. The Bertz CT molecular complexity index is 2880. The Morgan fingerprint density at radius 3 is 1.62 bits per heavy atom. The Kier molecular flexibility index (Phi) is 12.7. The number of nitrogens with zero attached hydrogens (tertiary/aromatic N) is 8. The Labute approximate surface area is 382 Å². The van der Waals surface area contributed by atoms with Crippen LogP contribution in [0.15, 0.2) is 73.2 Å². The summed E-state index contributed by atoms with van der Waals surface area (Å²) < 4.78 is 16.4. The van der Waals surface area contributed by atoms with Crippen LogP contribution < -0.4 is 20.1 Å². The average Bonchev–Trinajstić information content (AvgIpc) is 4.13. The average molecular weight is 903 g/mol. The minimum atomic E-state index is -0.908. The van der Waals surface area contributed by atoms with E-state index < -0.39 is 11.2 Å². The van der Waals surface area contributed by atoms with Gasteiger partial charge >= 0.3 is 0 Å². The second-order valence-electron chi connectivity index (χ2n) is 18.2. The van der Waals surface area contributed by atoms with Gasteiger partial charge in [-0.2, -0.15) is 15.3 Å². The van der Waals surface area contributed by atoms with Crippen LogP contribution in [0.1, 0.15) is 86.9 Å². The molecule has 2 saturated carbocycles. The molecule has 0 aliphatic heterocycles. The van der Waals surface area contributed by atoms with E-state index in [-0.39, 0.29) is 16.7 Å². The third kappa shape index (κ3) is 10.6. The predicted molar refractivity (Wildman–Crippen MR) is 250 cm³/mol. The van der Waals surface area contributed by atoms with Crippen molar-refractivity contribution in [3.63, 3.8) is 0 Å². The van der Waals surface area contributed by atoms with Crippen molar-refractivity contribution in [1.82, 2.24) is 39.0 Å². The highest BCUT2D eigenvalue weighted by molar-refractivity contribution is 6.29. The van der Waals surface area contributed by atoms with Gasteiger partial charge in [0.05, 0.1) is 66.3 Å². The molecule has 0 spiro atoms. The molecule has 2 fully saturated rings. The van der Waals surface area contributed by atoms with Gasteiger partial charge in [0.15, 0.2) is 28.0 Å². The molecule has 0 radical (unpaired) electrons. The lowest BCUT2D eigenvalue weighted by Gasteiger charge is -2.19. The zero-order valence-corrected chi connectivity index (χ0v) is 38.5. The number of methoxy groups -OCH3 is 2. The molecule has 0 unspecified atom stereocenters. The molecule has 9 rings (SSSR count). The molecule has 2 aliphatic rings. The summed E-state index contributed by atoms with van der Waals surface area (Å²) >= 11 is 6.25. The van der Waals surface area contributed by atoms with Crippen LogP contribution in [-0.2, 0) is 7.05 Å². The maximum Gasteiger partial charge on any atom is 0.177 e. The number of hydrogen-bond donors (Lipinski definition) is 4. The number of imidazole rings is 2. The van der Waals surface area contributed by atoms with E-state index in [2.05, 4.69) is 30.8 Å². The standard InChI is InChI=1S/C26H30N6O3.C22H25ClN4O3/c1-26(2,34)15-28-20-13-19(21-9-10-29-31(21)3)30-32-22(14-27-25(20)32)18-8-7-17(12-24(18)35-4)23(33)11-16-5-6-16;1-22(2,29)12-25-16-10-20(23)26-27-17(11-24-21(16)27)15-7-6-14(9-19(15)30-3)18(28)8-13-4-5-13/h7-10,12-14,16,28,34H,5-6,11,15H2,1-4H3;6-7,9-11,13,25,29H,4-5,8,12H2,1-3H3. The maximum atomic E-state index is 12.7. The highest BCUT2D eigenvalue weighted by atomic mass is 35.5. The fraction of sp³-hybridized carbons (Fsp3) is 0.396. The number of aliphatic hydroxyl groups is 2. The first-order valence-corrected chi connectivity index (χ1v) is 22.1. The molecule has 5 heterocycles. The van der Waals surface area contributed by atoms with E-state index in [9.17, 15) is 19.8 Å². The molecule has 2 aliphatic carbocycles. The summed E-state index contributed by atoms with van der Waals surface area (Å²) in [6.07, 6.45) is 10.9. The molecule has 7 aromatic rings. The number of benzene rings is 2. The number of carbonyl (C=O) groups excluding carboxylic acids is 2. The second kappa shape index (κ2) is 18.3. The fourth-order valence-corrected chi connectivity index (χ4v) is 7.65. The van der Waals surface area contributed by atoms with Gasteiger partial charge in [0, 0.05) is 67.5 Å². The Morgan fingerprint density at radius 2 is 1.18 bits per heavy atom. The molecule has 0 amide bonds. The molecule has 0 bridgehead atoms. The Morgan fingerprint density at radius 1 is 0.708 bits per heavy atom. The van der Waals surface area contributed by atoms with Gasteiger partial charge < -0.3 is 30.3 Å². The topological polar surface area (TPSA) is 195 Å². The molecule has 17 heteroatoms. The third-order valence-electron chi connectivity index (χ3n) is 11.4. The summed E-state index contributed by atoms with van der Waals surface area (Å²) in [5.41, 5.74) is 6.60. The minimum absolute atomic E-state index is 0.139. The smallest absolute Gasteiger partial charge is 0.177 e. The molecule has 5 aromatic heterocycles. The lowest BCUT2D eigenvalue weighted by Crippen LogP contribution is -2.29. The summed E-state index contributed by atoms with van der Waals surface area (Å²) in [6, 6.07) is 16.5. The number of anilines is 2. The van der Waals surface area contributed by atoms with Crippen LogP contribution in [0.5, 0.6) is 11.5 Å². The van der Waals surface area contributed by atoms with Crippen LogP contribution in [0, 0.1) is 11.8 Å². The monoisotopic (exact) mass is 902 g/mol. The first-order chi connectivity index (χ1) is 31.0. The molecule has 65 heavy (non-hydrogen) atoms. The van der Waals surface area contributed by atoms with Crippen LogP contribution >= 0.6 is 11.6 Å². The molecular weight excluding hydrogens is 848 g/mol. The van der Waals surface area contributed by atoms with Crippen molar-refractivity contribution in [2.24, 2.45) is 18.9 Å². The van der Waals surface area contributed by atoms with E-state index >= 15 is 0 Å². The minimum Gasteiger partial charge on any atom is -0.496 e. The lowest BCUT2D eigenvalue weighted by molar-refractivity contribution is 0.0939. The Hall–Kier alpha value is -6.36. The molecule has 4 N–H and O–H groups in total. The van der Waals surface area contributed by atoms with Crippen molar-refractivity contribution in [3.8, 4) is 45.4 Å². The molecule has 0 saturated heterocycles. The van der Waals surface area contributed by atoms with Crippen molar-refractivity contribution in [1.29, 1.82) is 0 Å². The normalized spacial score (nSPS) is 14.0. The lowest BCUT2D eigenvalue weighted by atomic mass is 10.0. The van der Waals surface area contributed by atoms with Crippen molar-refractivity contribution >= 4 is 45.8 Å². The Balaban J connectivity index is 0.000000179. The van der Waals surface area contributed by atoms with E-state index in [0.717, 1.165) is 53.9 Å². The maximum absolute atomic E-state index is 12.7. The number of carbonyl (C=O) groups is 2. The highest BCUT2D eigenvalue weighted by Crippen LogP contribution is 2.38. The quantitative estimate of drug-likeness (QED) is 0.0640. The number of nitrogens with one attached hydrogen (secondary N) is 2. The number of Topliss-reactive ketones (excluding diaryl/α,β-unsaturated/α-hetero) is 2. The van der Waals surface area contributed by atoms with Crippen LogP contribution in [-0.4, -0.2) is 99.3 Å². The molecule has 340 valence electrons. The molecule has 2 aromatic carbocycles. The van der Waals surface area contributed by atoms with E-state index in [1.807, 2.05) is 43.4 Å². The van der Waals surface area contributed by atoms with Crippen molar-refractivity contribution in [2.75, 3.05) is 37.9 Å². The number of ether oxygens (including phenoxy) is 2. The van der Waals surface area contributed by atoms with Crippen LogP contribution in [0.2, 0.25) is 5.15 Å². The van der Waals surface area contributed by atoms with Gasteiger partial charge in [0.25, 0.3) is 0 Å². The summed E-state index contributed by atoms with van der Waals surface area (Å²) in [6.45, 7) is 7.58.